The summed E-state index contributed by atoms with van der Waals surface area (Å²) in [4.78, 5) is 26.9. The van der Waals surface area contributed by atoms with E-state index in [4.69, 9.17) is 23.2 Å². The van der Waals surface area contributed by atoms with E-state index in [2.05, 4.69) is 21.2 Å². The largest absolute Gasteiger partial charge is 0.357 e. The number of nitrogens with zero attached hydrogens (tertiary/aromatic N) is 2. The maximum atomic E-state index is 13.3. The van der Waals surface area contributed by atoms with Crippen LogP contribution in [-0.4, -0.2) is 51.0 Å². The van der Waals surface area contributed by atoms with Gasteiger partial charge in [0.05, 0.1) is 17.0 Å². The number of rotatable bonds is 8. The summed E-state index contributed by atoms with van der Waals surface area (Å²) in [6, 6.07) is 10.8. The smallest absolute Gasteiger partial charge is 0.244 e. The third-order valence-electron chi connectivity index (χ3n) is 4.51. The Morgan fingerprint density at radius 3 is 2.42 bits per heavy atom. The number of likely N-dealkylation sites (N-methyl/N-ethyl adjacent to an activating group) is 1. The zero-order valence-electron chi connectivity index (χ0n) is 17.1. The lowest BCUT2D eigenvalue weighted by molar-refractivity contribution is -0.139. The van der Waals surface area contributed by atoms with Crippen molar-refractivity contribution in [2.75, 3.05) is 24.2 Å². The molecule has 31 heavy (non-hydrogen) atoms. The average molecular weight is 551 g/mol. The molecule has 11 heteroatoms. The van der Waals surface area contributed by atoms with Crippen molar-refractivity contribution in [3.8, 4) is 0 Å². The van der Waals surface area contributed by atoms with Crippen LogP contribution in [0.3, 0.4) is 0 Å². The van der Waals surface area contributed by atoms with E-state index in [1.54, 1.807) is 13.0 Å². The molecule has 1 N–H and O–H groups in total. The number of carbonyl (C=O) groups is 2. The van der Waals surface area contributed by atoms with Crippen molar-refractivity contribution in [3.63, 3.8) is 0 Å². The van der Waals surface area contributed by atoms with Gasteiger partial charge in [0.1, 0.15) is 12.6 Å². The zero-order chi connectivity index (χ0) is 23.3. The highest BCUT2D eigenvalue weighted by molar-refractivity contribution is 9.10. The van der Waals surface area contributed by atoms with E-state index in [0.29, 0.717) is 0 Å². The van der Waals surface area contributed by atoms with Crippen molar-refractivity contribution in [1.82, 2.24) is 10.2 Å². The van der Waals surface area contributed by atoms with Gasteiger partial charge in [0, 0.05) is 23.1 Å². The number of amides is 2. The second kappa shape index (κ2) is 10.7. The van der Waals surface area contributed by atoms with Gasteiger partial charge in [-0.25, -0.2) is 8.42 Å². The molecule has 0 radical (unpaired) electrons. The molecule has 168 valence electrons. The fourth-order valence-corrected chi connectivity index (χ4v) is 4.63. The lowest BCUT2D eigenvalue weighted by atomic mass is 10.1. The second-order valence-corrected chi connectivity index (χ2v) is 10.5. The Morgan fingerprint density at radius 2 is 1.84 bits per heavy atom. The normalized spacial score (nSPS) is 12.2. The molecule has 1 atom stereocenters. The highest BCUT2D eigenvalue weighted by atomic mass is 79.9. The Balaban J connectivity index is 2.43. The number of anilines is 1. The lowest BCUT2D eigenvalue weighted by Gasteiger charge is -2.31. The summed E-state index contributed by atoms with van der Waals surface area (Å²) in [7, 11) is -2.41. The minimum Gasteiger partial charge on any atom is -0.357 e. The molecule has 0 heterocycles. The van der Waals surface area contributed by atoms with E-state index in [1.165, 1.54) is 30.1 Å². The number of hydrogen-bond donors (Lipinski definition) is 1. The Bertz CT molecular complexity index is 1080. The van der Waals surface area contributed by atoms with Gasteiger partial charge in [-0.1, -0.05) is 51.3 Å². The molecule has 0 fully saturated rings. The number of benzene rings is 2. The Labute approximate surface area is 200 Å². The Morgan fingerprint density at radius 1 is 1.16 bits per heavy atom. The van der Waals surface area contributed by atoms with Gasteiger partial charge in [0.25, 0.3) is 0 Å². The number of carbonyl (C=O) groups excluding carboxylic acids is 2. The molecule has 0 aliphatic carbocycles. The summed E-state index contributed by atoms with van der Waals surface area (Å²) in [6.07, 6.45) is 0.971. The first-order valence-corrected chi connectivity index (χ1v) is 12.5. The molecule has 2 aromatic rings. The summed E-state index contributed by atoms with van der Waals surface area (Å²) in [5.74, 6) is -0.951. The predicted molar refractivity (Wildman–Crippen MR) is 127 cm³/mol. The molecule has 1 unspecified atom stereocenters. The van der Waals surface area contributed by atoms with Crippen LogP contribution in [0.5, 0.6) is 0 Å². The zero-order valence-corrected chi connectivity index (χ0v) is 21.0. The average Bonchev–Trinajstić information content (AvgIpc) is 2.70. The van der Waals surface area contributed by atoms with Crippen molar-refractivity contribution in [3.05, 3.63) is 62.5 Å². The molecule has 0 bridgehead atoms. The first kappa shape index (κ1) is 25.5. The van der Waals surface area contributed by atoms with E-state index < -0.39 is 28.5 Å². The third-order valence-corrected chi connectivity index (χ3v) is 6.69. The predicted octanol–water partition coefficient (Wildman–Crippen LogP) is 3.69. The van der Waals surface area contributed by atoms with E-state index >= 15 is 0 Å². The Kier molecular flexibility index (Phi) is 8.76. The standard InChI is InChI=1S/C20H22BrCl2N3O4S/c1-13(20(28)24-2)25(11-14-5-4-6-15(21)9-14)19(27)12-26(31(3,29)30)18-10-16(22)7-8-17(18)23/h4-10,13H,11-12H2,1-3H3,(H,24,28). The summed E-state index contributed by atoms with van der Waals surface area (Å²) < 4.78 is 26.7. The van der Waals surface area contributed by atoms with E-state index in [0.717, 1.165) is 20.6 Å². The van der Waals surface area contributed by atoms with Crippen molar-refractivity contribution in [1.29, 1.82) is 0 Å². The minimum absolute atomic E-state index is 0.0834. The molecule has 0 saturated carbocycles. The van der Waals surface area contributed by atoms with Gasteiger partial charge in [-0.15, -0.1) is 0 Å². The van der Waals surface area contributed by atoms with Crippen LogP contribution in [0.1, 0.15) is 12.5 Å². The lowest BCUT2D eigenvalue weighted by Crippen LogP contribution is -2.50. The van der Waals surface area contributed by atoms with Gasteiger partial charge in [0.15, 0.2) is 0 Å². The van der Waals surface area contributed by atoms with Crippen molar-refractivity contribution < 1.29 is 18.0 Å². The van der Waals surface area contributed by atoms with Crippen LogP contribution in [0.25, 0.3) is 0 Å². The number of hydrogen-bond acceptors (Lipinski definition) is 4. The highest BCUT2D eigenvalue weighted by Gasteiger charge is 2.30. The molecule has 0 aromatic heterocycles. The molecule has 7 nitrogen and oxygen atoms in total. The van der Waals surface area contributed by atoms with Crippen LogP contribution in [0.4, 0.5) is 5.69 Å². The fraction of sp³-hybridized carbons (Fsp3) is 0.300. The van der Waals surface area contributed by atoms with Gasteiger partial charge < -0.3 is 10.2 Å². The number of nitrogens with one attached hydrogen (secondary N) is 1. The highest BCUT2D eigenvalue weighted by Crippen LogP contribution is 2.31. The van der Waals surface area contributed by atoms with Crippen molar-refractivity contribution in [2.45, 2.75) is 19.5 Å². The molecular formula is C20H22BrCl2N3O4S. The van der Waals surface area contributed by atoms with Crippen LogP contribution >= 0.6 is 39.1 Å². The number of sulfonamides is 1. The minimum atomic E-state index is -3.88. The van der Waals surface area contributed by atoms with E-state index in [1.807, 2.05) is 18.2 Å². The van der Waals surface area contributed by atoms with Crippen LogP contribution in [-0.2, 0) is 26.2 Å². The van der Waals surface area contributed by atoms with Gasteiger partial charge in [-0.3, -0.25) is 13.9 Å². The molecule has 2 aromatic carbocycles. The fourth-order valence-electron chi connectivity index (χ4n) is 2.90. The summed E-state index contributed by atoms with van der Waals surface area (Å²) >= 11 is 15.6. The van der Waals surface area contributed by atoms with Gasteiger partial charge in [-0.05, 0) is 42.8 Å². The van der Waals surface area contributed by atoms with Gasteiger partial charge in [0.2, 0.25) is 21.8 Å². The maximum Gasteiger partial charge on any atom is 0.244 e. The molecule has 2 amide bonds. The summed E-state index contributed by atoms with van der Waals surface area (Å²) in [5, 5.41) is 2.91. The van der Waals surface area contributed by atoms with Crippen LogP contribution < -0.4 is 9.62 Å². The monoisotopic (exact) mass is 549 g/mol. The Hall–Kier alpha value is -1.81. The third kappa shape index (κ3) is 6.83. The number of halogens is 3. The summed E-state index contributed by atoms with van der Waals surface area (Å²) in [6.45, 7) is 1.13. The van der Waals surface area contributed by atoms with Gasteiger partial charge >= 0.3 is 0 Å². The first-order chi connectivity index (χ1) is 14.4. The van der Waals surface area contributed by atoms with E-state index in [-0.39, 0.29) is 28.2 Å². The molecule has 0 saturated heterocycles. The maximum absolute atomic E-state index is 13.3. The molecule has 2 rings (SSSR count). The molecule has 0 spiro atoms. The first-order valence-electron chi connectivity index (χ1n) is 9.12. The molecular weight excluding hydrogens is 529 g/mol. The van der Waals surface area contributed by atoms with Crippen molar-refractivity contribution in [2.24, 2.45) is 0 Å². The van der Waals surface area contributed by atoms with Crippen LogP contribution in [0.15, 0.2) is 46.9 Å². The topological polar surface area (TPSA) is 86.8 Å². The second-order valence-electron chi connectivity index (χ2n) is 6.81. The quantitative estimate of drug-likeness (QED) is 0.543. The van der Waals surface area contributed by atoms with Crippen molar-refractivity contribution >= 4 is 66.7 Å². The van der Waals surface area contributed by atoms with Crippen LogP contribution in [0.2, 0.25) is 10.0 Å². The van der Waals surface area contributed by atoms with E-state index in [9.17, 15) is 18.0 Å². The SMILES string of the molecule is CNC(=O)C(C)N(Cc1cccc(Br)c1)C(=O)CN(c1cc(Cl)ccc1Cl)S(C)(=O)=O. The molecule has 0 aliphatic heterocycles. The van der Waals surface area contributed by atoms with Gasteiger partial charge in [-0.2, -0.15) is 0 Å². The summed E-state index contributed by atoms with van der Waals surface area (Å²) in [5.41, 5.74) is 0.852. The molecule has 0 aliphatic rings. The van der Waals surface area contributed by atoms with Crippen LogP contribution in [0, 0.1) is 0 Å².